The van der Waals surface area contributed by atoms with Crippen molar-refractivity contribution in [2.45, 2.75) is 19.3 Å². The molecule has 0 spiro atoms. The second kappa shape index (κ2) is 7.28. The molecule has 2 aromatic rings. The van der Waals surface area contributed by atoms with Crippen LogP contribution in [0.3, 0.4) is 0 Å². The minimum absolute atomic E-state index is 0.157. The number of nitro benzene ring substituents is 1. The average Bonchev–Trinajstić information content (AvgIpc) is 2.52. The molecule has 1 aromatic heterocycles. The molecule has 1 aromatic carbocycles. The van der Waals surface area contributed by atoms with Gasteiger partial charge in [-0.1, -0.05) is 0 Å². The Balaban J connectivity index is 2.16. The number of nitrogens with zero attached hydrogens (tertiary/aromatic N) is 2. The van der Waals surface area contributed by atoms with E-state index in [1.54, 1.807) is 0 Å². The fourth-order valence-corrected chi connectivity index (χ4v) is 1.91. The third-order valence-electron chi connectivity index (χ3n) is 3.00. The van der Waals surface area contributed by atoms with E-state index in [9.17, 15) is 32.1 Å². The van der Waals surface area contributed by atoms with Gasteiger partial charge in [0.15, 0.2) is 0 Å². The van der Waals surface area contributed by atoms with Gasteiger partial charge in [0, 0.05) is 17.8 Å². The molecule has 1 N–H and O–H groups in total. The monoisotopic (exact) mass is 363 g/mol. The SMILES string of the molecule is O=[N+]([O-])c1ccc(NCc2ccc(OC(F)F)cn2)c(C(F)(F)F)c1. The van der Waals surface area contributed by atoms with Gasteiger partial charge in [-0.05, 0) is 18.2 Å². The molecule has 6 nitrogen and oxygen atoms in total. The van der Waals surface area contributed by atoms with Gasteiger partial charge in [0.25, 0.3) is 5.69 Å². The number of hydrogen-bond acceptors (Lipinski definition) is 5. The third-order valence-corrected chi connectivity index (χ3v) is 3.00. The van der Waals surface area contributed by atoms with Gasteiger partial charge in [-0.25, -0.2) is 0 Å². The summed E-state index contributed by atoms with van der Waals surface area (Å²) in [6, 6.07) is 4.79. The summed E-state index contributed by atoms with van der Waals surface area (Å²) < 4.78 is 67.2. The molecule has 0 fully saturated rings. The Morgan fingerprint density at radius 2 is 1.96 bits per heavy atom. The standard InChI is InChI=1S/C14H10F5N3O3/c15-13(16)25-10-3-1-8(20-7-10)6-21-12-4-2-9(22(23)24)5-11(12)14(17,18)19/h1-5,7,13,21H,6H2. The number of alkyl halides is 5. The van der Waals surface area contributed by atoms with Gasteiger partial charge in [-0.3, -0.25) is 15.1 Å². The van der Waals surface area contributed by atoms with E-state index in [0.717, 1.165) is 18.3 Å². The molecule has 0 atom stereocenters. The Morgan fingerprint density at radius 3 is 2.48 bits per heavy atom. The van der Waals surface area contributed by atoms with E-state index < -0.39 is 29.0 Å². The van der Waals surface area contributed by atoms with Crippen LogP contribution in [0.1, 0.15) is 11.3 Å². The molecular weight excluding hydrogens is 353 g/mol. The van der Waals surface area contributed by atoms with Gasteiger partial charge in [-0.2, -0.15) is 22.0 Å². The van der Waals surface area contributed by atoms with Crippen LogP contribution in [0.15, 0.2) is 36.5 Å². The van der Waals surface area contributed by atoms with Crippen molar-refractivity contribution >= 4 is 11.4 Å². The molecule has 25 heavy (non-hydrogen) atoms. The number of non-ortho nitro benzene ring substituents is 1. The van der Waals surface area contributed by atoms with E-state index in [-0.39, 0.29) is 23.7 Å². The van der Waals surface area contributed by atoms with Crippen LogP contribution in [0.25, 0.3) is 0 Å². The van der Waals surface area contributed by atoms with Gasteiger partial charge < -0.3 is 10.1 Å². The van der Waals surface area contributed by atoms with E-state index >= 15 is 0 Å². The van der Waals surface area contributed by atoms with E-state index in [2.05, 4.69) is 15.0 Å². The van der Waals surface area contributed by atoms with E-state index in [1.165, 1.54) is 12.1 Å². The highest BCUT2D eigenvalue weighted by atomic mass is 19.4. The largest absolute Gasteiger partial charge is 0.433 e. The second-order valence-electron chi connectivity index (χ2n) is 4.70. The number of halogens is 5. The zero-order chi connectivity index (χ0) is 18.6. The molecule has 0 aliphatic carbocycles. The quantitative estimate of drug-likeness (QED) is 0.472. The molecule has 0 aliphatic rings. The number of hydrogen-bond donors (Lipinski definition) is 1. The van der Waals surface area contributed by atoms with Crippen LogP contribution < -0.4 is 10.1 Å². The molecule has 11 heteroatoms. The summed E-state index contributed by atoms with van der Waals surface area (Å²) in [5, 5.41) is 13.1. The van der Waals surface area contributed by atoms with Crippen LogP contribution in [0.2, 0.25) is 0 Å². The summed E-state index contributed by atoms with van der Waals surface area (Å²) in [5.74, 6) is -0.190. The number of aromatic nitrogens is 1. The Labute approximate surface area is 137 Å². The highest BCUT2D eigenvalue weighted by molar-refractivity contribution is 5.57. The zero-order valence-electron chi connectivity index (χ0n) is 12.3. The van der Waals surface area contributed by atoms with E-state index in [1.807, 2.05) is 0 Å². The third kappa shape index (κ3) is 4.99. The summed E-state index contributed by atoms with van der Waals surface area (Å²) in [7, 11) is 0. The van der Waals surface area contributed by atoms with Gasteiger partial charge in [-0.15, -0.1) is 0 Å². The van der Waals surface area contributed by atoms with Crippen LogP contribution in [-0.2, 0) is 12.7 Å². The topological polar surface area (TPSA) is 77.3 Å². The first-order chi connectivity index (χ1) is 11.7. The first-order valence-electron chi connectivity index (χ1n) is 6.66. The maximum atomic E-state index is 13.0. The van der Waals surface area contributed by atoms with Crippen LogP contribution in [0.4, 0.5) is 33.3 Å². The Bertz CT molecular complexity index is 750. The highest BCUT2D eigenvalue weighted by Crippen LogP contribution is 2.37. The van der Waals surface area contributed by atoms with Crippen molar-refractivity contribution in [2.75, 3.05) is 5.32 Å². The molecule has 0 unspecified atom stereocenters. The van der Waals surface area contributed by atoms with Crippen molar-refractivity contribution in [1.82, 2.24) is 4.98 Å². The van der Waals surface area contributed by atoms with Crippen molar-refractivity contribution in [3.63, 3.8) is 0 Å². The van der Waals surface area contributed by atoms with Crippen LogP contribution >= 0.6 is 0 Å². The molecule has 0 saturated carbocycles. The molecular formula is C14H10F5N3O3. The molecule has 0 radical (unpaired) electrons. The molecule has 1 heterocycles. The fourth-order valence-electron chi connectivity index (χ4n) is 1.91. The minimum Gasteiger partial charge on any atom is -0.433 e. The fraction of sp³-hybridized carbons (Fsp3) is 0.214. The van der Waals surface area contributed by atoms with Crippen molar-refractivity contribution in [3.8, 4) is 5.75 Å². The van der Waals surface area contributed by atoms with Gasteiger partial charge in [0.05, 0.1) is 28.9 Å². The zero-order valence-corrected chi connectivity index (χ0v) is 12.3. The summed E-state index contributed by atoms with van der Waals surface area (Å²) in [6.07, 6.45) is -3.79. The first kappa shape index (κ1) is 18.4. The van der Waals surface area contributed by atoms with E-state index in [4.69, 9.17) is 0 Å². The lowest BCUT2D eigenvalue weighted by Crippen LogP contribution is -2.12. The minimum atomic E-state index is -4.79. The number of rotatable bonds is 6. The van der Waals surface area contributed by atoms with Crippen molar-refractivity contribution in [2.24, 2.45) is 0 Å². The lowest BCUT2D eigenvalue weighted by atomic mass is 10.1. The highest BCUT2D eigenvalue weighted by Gasteiger charge is 2.35. The first-order valence-corrected chi connectivity index (χ1v) is 6.66. The molecule has 0 saturated heterocycles. The Kier molecular flexibility index (Phi) is 5.35. The van der Waals surface area contributed by atoms with Crippen LogP contribution in [0, 0.1) is 10.1 Å². The molecule has 0 amide bonds. The average molecular weight is 363 g/mol. The summed E-state index contributed by atoms with van der Waals surface area (Å²) in [4.78, 5) is 13.5. The normalized spacial score (nSPS) is 11.4. The summed E-state index contributed by atoms with van der Waals surface area (Å²) in [6.45, 7) is -3.17. The van der Waals surface area contributed by atoms with Crippen LogP contribution in [0.5, 0.6) is 5.75 Å². The lowest BCUT2D eigenvalue weighted by Gasteiger charge is -2.14. The van der Waals surface area contributed by atoms with Gasteiger partial charge in [0.2, 0.25) is 0 Å². The smallest absolute Gasteiger partial charge is 0.418 e. The molecule has 0 bridgehead atoms. The molecule has 134 valence electrons. The Morgan fingerprint density at radius 1 is 1.24 bits per heavy atom. The number of pyridine rings is 1. The number of nitrogens with one attached hydrogen (secondary N) is 1. The molecule has 2 rings (SSSR count). The molecule has 0 aliphatic heterocycles. The maximum absolute atomic E-state index is 13.0. The predicted molar refractivity (Wildman–Crippen MR) is 76.3 cm³/mol. The number of nitro groups is 1. The number of anilines is 1. The van der Waals surface area contributed by atoms with Crippen LogP contribution in [-0.4, -0.2) is 16.5 Å². The van der Waals surface area contributed by atoms with Crippen molar-refractivity contribution in [3.05, 3.63) is 57.9 Å². The number of ether oxygens (including phenoxy) is 1. The van der Waals surface area contributed by atoms with Crippen molar-refractivity contribution < 1.29 is 31.6 Å². The summed E-state index contributed by atoms with van der Waals surface area (Å²) >= 11 is 0. The summed E-state index contributed by atoms with van der Waals surface area (Å²) in [5.41, 5.74) is -2.00. The Hall–Kier alpha value is -2.98. The lowest BCUT2D eigenvalue weighted by molar-refractivity contribution is -0.385. The number of benzene rings is 1. The van der Waals surface area contributed by atoms with E-state index in [0.29, 0.717) is 6.07 Å². The second-order valence-corrected chi connectivity index (χ2v) is 4.70. The van der Waals surface area contributed by atoms with Crippen molar-refractivity contribution in [1.29, 1.82) is 0 Å². The maximum Gasteiger partial charge on any atom is 0.418 e. The van der Waals surface area contributed by atoms with Gasteiger partial charge >= 0.3 is 12.8 Å². The predicted octanol–water partition coefficient (Wildman–Crippen LogP) is 4.22. The van der Waals surface area contributed by atoms with Gasteiger partial charge in [0.1, 0.15) is 5.75 Å².